The van der Waals surface area contributed by atoms with Crippen LogP contribution in [0.25, 0.3) is 4.85 Å². The van der Waals surface area contributed by atoms with Crippen molar-refractivity contribution in [2.24, 2.45) is 0 Å². The van der Waals surface area contributed by atoms with Gasteiger partial charge < -0.3 is 0 Å². The molecule has 1 aliphatic rings. The molecule has 0 heterocycles. The molecule has 0 aromatic carbocycles. The Labute approximate surface area is 90.4 Å². The second-order valence-corrected chi connectivity index (χ2v) is 5.03. The van der Waals surface area contributed by atoms with E-state index in [1.165, 1.54) is 18.2 Å². The lowest BCUT2D eigenvalue weighted by atomic mass is 10.1. The minimum atomic E-state index is -1.44. The molecule has 0 aliphatic heterocycles. The average molecular weight is 243 g/mol. The van der Waals surface area contributed by atoms with Gasteiger partial charge in [0.1, 0.15) is 0 Å². The summed E-state index contributed by atoms with van der Waals surface area (Å²) in [6.07, 6.45) is 4.20. The molecule has 0 spiro atoms. The zero-order valence-electron chi connectivity index (χ0n) is 5.69. The van der Waals surface area contributed by atoms with Crippen molar-refractivity contribution in [3.8, 4) is 0 Å². The van der Waals surface area contributed by atoms with Gasteiger partial charge in [-0.25, -0.2) is 4.85 Å². The number of alkyl halides is 4. The van der Waals surface area contributed by atoms with Gasteiger partial charge in [-0.15, -0.1) is 0 Å². The molecule has 1 aliphatic carbocycles. The van der Waals surface area contributed by atoms with E-state index in [-0.39, 0.29) is 0 Å². The number of rotatable bonds is 0. The molecule has 0 saturated carbocycles. The van der Waals surface area contributed by atoms with Gasteiger partial charge >= 0.3 is 0 Å². The van der Waals surface area contributed by atoms with E-state index in [0.29, 0.717) is 5.70 Å². The van der Waals surface area contributed by atoms with Gasteiger partial charge in [-0.05, 0) is 6.08 Å². The molecule has 0 saturated heterocycles. The Morgan fingerprint density at radius 1 is 1.17 bits per heavy atom. The van der Waals surface area contributed by atoms with E-state index in [9.17, 15) is 0 Å². The molecule has 1 nitrogen and oxygen atoms in total. The topological polar surface area (TPSA) is 4.36 Å². The molecule has 0 bridgehead atoms. The molecule has 0 N–H and O–H groups in total. The van der Waals surface area contributed by atoms with Crippen LogP contribution in [0.3, 0.4) is 0 Å². The minimum absolute atomic E-state index is 0.330. The number of hydrogen-bond acceptors (Lipinski definition) is 0. The standard InChI is InChI=1S/C7H3Cl4N/c1-12-5-2-3-6(8,9)7(10,11)4-5/h2-4H. The zero-order valence-corrected chi connectivity index (χ0v) is 8.71. The second-order valence-electron chi connectivity index (χ2n) is 2.26. The summed E-state index contributed by atoms with van der Waals surface area (Å²) in [7, 11) is 0. The summed E-state index contributed by atoms with van der Waals surface area (Å²) < 4.78 is -2.81. The predicted molar refractivity (Wildman–Crippen MR) is 52.7 cm³/mol. The van der Waals surface area contributed by atoms with Crippen molar-refractivity contribution in [2.75, 3.05) is 0 Å². The Kier molecular flexibility index (Phi) is 2.66. The van der Waals surface area contributed by atoms with Gasteiger partial charge in [0.05, 0.1) is 6.57 Å². The molecule has 0 fully saturated rings. The molecule has 1 rings (SSSR count). The van der Waals surface area contributed by atoms with E-state index in [4.69, 9.17) is 53.0 Å². The van der Waals surface area contributed by atoms with Crippen LogP contribution in [-0.4, -0.2) is 8.67 Å². The van der Waals surface area contributed by atoms with Crippen LogP contribution in [0.15, 0.2) is 23.9 Å². The van der Waals surface area contributed by atoms with E-state index in [2.05, 4.69) is 4.85 Å². The molecular formula is C7H3Cl4N. The third-order valence-corrected chi connectivity index (χ3v) is 3.42. The maximum Gasteiger partial charge on any atom is 0.186 e. The molecular weight excluding hydrogens is 240 g/mol. The summed E-state index contributed by atoms with van der Waals surface area (Å²) >= 11 is 23.0. The summed E-state index contributed by atoms with van der Waals surface area (Å²) in [5.41, 5.74) is 0.330. The summed E-state index contributed by atoms with van der Waals surface area (Å²) in [6.45, 7) is 6.71. The lowest BCUT2D eigenvalue weighted by molar-refractivity contribution is 0.888. The maximum absolute atomic E-state index is 6.71. The summed E-state index contributed by atoms with van der Waals surface area (Å²) in [4.78, 5) is 3.15. The Morgan fingerprint density at radius 2 is 1.75 bits per heavy atom. The summed E-state index contributed by atoms with van der Waals surface area (Å²) in [5, 5.41) is 0. The highest BCUT2D eigenvalue weighted by Crippen LogP contribution is 2.47. The first kappa shape index (κ1) is 10.2. The quantitative estimate of drug-likeness (QED) is 0.451. The van der Waals surface area contributed by atoms with E-state index in [0.717, 1.165) is 0 Å². The number of hydrogen-bond donors (Lipinski definition) is 0. The lowest BCUT2D eigenvalue weighted by Gasteiger charge is -2.30. The van der Waals surface area contributed by atoms with Crippen molar-refractivity contribution in [3.63, 3.8) is 0 Å². The summed E-state index contributed by atoms with van der Waals surface area (Å²) in [6, 6.07) is 0. The Morgan fingerprint density at radius 3 is 2.17 bits per heavy atom. The van der Waals surface area contributed by atoms with E-state index < -0.39 is 8.67 Å². The van der Waals surface area contributed by atoms with Crippen molar-refractivity contribution < 1.29 is 0 Å². The maximum atomic E-state index is 6.71. The van der Waals surface area contributed by atoms with Crippen molar-refractivity contribution in [3.05, 3.63) is 35.3 Å². The molecule has 64 valence electrons. The molecule has 0 amide bonds. The van der Waals surface area contributed by atoms with Crippen LogP contribution in [0.1, 0.15) is 0 Å². The minimum Gasteiger partial charge on any atom is -0.238 e. The van der Waals surface area contributed by atoms with Crippen molar-refractivity contribution >= 4 is 46.4 Å². The van der Waals surface area contributed by atoms with Gasteiger partial charge in [-0.3, -0.25) is 0 Å². The SMILES string of the molecule is [C-]#[N+]C1=CC(Cl)(Cl)C(Cl)(Cl)C=C1. The van der Waals surface area contributed by atoms with E-state index >= 15 is 0 Å². The third-order valence-electron chi connectivity index (χ3n) is 1.37. The fourth-order valence-corrected chi connectivity index (χ4v) is 1.29. The highest BCUT2D eigenvalue weighted by molar-refractivity contribution is 6.64. The fraction of sp³-hybridized carbons (Fsp3) is 0.286. The van der Waals surface area contributed by atoms with Gasteiger partial charge in [0.2, 0.25) is 0 Å². The van der Waals surface area contributed by atoms with Crippen LogP contribution in [0.4, 0.5) is 0 Å². The fourth-order valence-electron chi connectivity index (χ4n) is 0.701. The van der Waals surface area contributed by atoms with Crippen LogP contribution in [0, 0.1) is 6.57 Å². The molecule has 0 atom stereocenters. The van der Waals surface area contributed by atoms with Gasteiger partial charge in [0.15, 0.2) is 14.4 Å². The monoisotopic (exact) mass is 241 g/mol. The van der Waals surface area contributed by atoms with Crippen molar-refractivity contribution in [2.45, 2.75) is 8.67 Å². The van der Waals surface area contributed by atoms with E-state index in [1.807, 2.05) is 0 Å². The lowest BCUT2D eigenvalue weighted by Crippen LogP contribution is -2.34. The molecule has 0 unspecified atom stereocenters. The molecule has 0 radical (unpaired) electrons. The Bertz CT molecular complexity index is 295. The highest BCUT2D eigenvalue weighted by atomic mass is 35.5. The Balaban J connectivity index is 3.09. The smallest absolute Gasteiger partial charge is 0.186 e. The molecule has 0 aromatic heterocycles. The Hall–Kier alpha value is 0.130. The van der Waals surface area contributed by atoms with Gasteiger partial charge in [0, 0.05) is 0 Å². The first-order valence-corrected chi connectivity index (χ1v) is 4.45. The molecule has 12 heavy (non-hydrogen) atoms. The third kappa shape index (κ3) is 1.72. The normalized spacial score (nSPS) is 24.4. The van der Waals surface area contributed by atoms with Crippen LogP contribution < -0.4 is 0 Å². The highest BCUT2D eigenvalue weighted by Gasteiger charge is 2.45. The van der Waals surface area contributed by atoms with Crippen LogP contribution in [0.2, 0.25) is 0 Å². The number of halogens is 4. The number of nitrogens with zero attached hydrogens (tertiary/aromatic N) is 1. The molecule has 0 aromatic rings. The van der Waals surface area contributed by atoms with Crippen molar-refractivity contribution in [1.29, 1.82) is 0 Å². The number of allylic oxidation sites excluding steroid dienone is 3. The first-order chi connectivity index (χ1) is 5.39. The van der Waals surface area contributed by atoms with Crippen LogP contribution >= 0.6 is 46.4 Å². The van der Waals surface area contributed by atoms with Crippen LogP contribution in [0.5, 0.6) is 0 Å². The average Bonchev–Trinajstić information content (AvgIpc) is 1.95. The van der Waals surface area contributed by atoms with Gasteiger partial charge in [-0.1, -0.05) is 58.6 Å². The van der Waals surface area contributed by atoms with Gasteiger partial charge in [0.25, 0.3) is 0 Å². The largest absolute Gasteiger partial charge is 0.238 e. The molecule has 5 heteroatoms. The zero-order chi connectivity index (χ0) is 9.41. The summed E-state index contributed by atoms with van der Waals surface area (Å²) in [5.74, 6) is 0. The van der Waals surface area contributed by atoms with Crippen LogP contribution in [-0.2, 0) is 0 Å². The predicted octanol–water partition coefficient (Wildman–Crippen LogP) is 3.71. The van der Waals surface area contributed by atoms with E-state index in [1.54, 1.807) is 0 Å². The van der Waals surface area contributed by atoms with Crippen molar-refractivity contribution in [1.82, 2.24) is 0 Å². The first-order valence-electron chi connectivity index (χ1n) is 2.94. The second kappa shape index (κ2) is 3.12. The van der Waals surface area contributed by atoms with Gasteiger partial charge in [-0.2, -0.15) is 0 Å².